The van der Waals surface area contributed by atoms with Crippen LogP contribution < -0.4 is 5.32 Å². The summed E-state index contributed by atoms with van der Waals surface area (Å²) in [6, 6.07) is 16.9. The first-order valence-electron chi connectivity index (χ1n) is 7.18. The van der Waals surface area contributed by atoms with Crippen LogP contribution in [-0.2, 0) is 11.4 Å². The van der Waals surface area contributed by atoms with Crippen molar-refractivity contribution in [3.05, 3.63) is 60.3 Å². The number of aliphatic hydroxyl groups excluding tert-OH is 1. The maximum atomic E-state index is 11.2. The highest BCUT2D eigenvalue weighted by molar-refractivity contribution is 5.89. The lowest BCUT2D eigenvalue weighted by Crippen LogP contribution is -2.07. The van der Waals surface area contributed by atoms with Gasteiger partial charge in [0, 0.05) is 18.2 Å². The van der Waals surface area contributed by atoms with E-state index < -0.39 is 0 Å². The van der Waals surface area contributed by atoms with Crippen LogP contribution in [0.2, 0.25) is 0 Å². The number of hydrogen-bond donors (Lipinski definition) is 2. The molecule has 0 fully saturated rings. The summed E-state index contributed by atoms with van der Waals surface area (Å²) >= 11 is 0. The van der Waals surface area contributed by atoms with E-state index in [1.807, 2.05) is 48.5 Å². The van der Waals surface area contributed by atoms with Crippen molar-refractivity contribution in [3.63, 3.8) is 0 Å². The minimum absolute atomic E-state index is 0.139. The van der Waals surface area contributed by atoms with E-state index in [0.29, 0.717) is 11.4 Å². The normalized spacial score (nSPS) is 10.5. The van der Waals surface area contributed by atoms with Crippen molar-refractivity contribution in [1.29, 1.82) is 0 Å². The molecule has 116 valence electrons. The average Bonchev–Trinajstić information content (AvgIpc) is 2.99. The molecule has 0 aliphatic rings. The summed E-state index contributed by atoms with van der Waals surface area (Å²) in [5.74, 6) is -0.139. The summed E-state index contributed by atoms with van der Waals surface area (Å²) in [7, 11) is 0. The number of aliphatic hydroxyl groups is 1. The molecule has 1 aromatic heterocycles. The number of nitrogens with zero attached hydrogens (tertiary/aromatic N) is 3. The second-order valence-corrected chi connectivity index (χ2v) is 5.05. The highest BCUT2D eigenvalue weighted by atomic mass is 16.3. The molecule has 0 saturated heterocycles. The fourth-order valence-electron chi connectivity index (χ4n) is 2.40. The van der Waals surface area contributed by atoms with Crippen molar-refractivity contribution in [2.45, 2.75) is 13.5 Å². The summed E-state index contributed by atoms with van der Waals surface area (Å²) in [4.78, 5) is 11.2. The van der Waals surface area contributed by atoms with Crippen molar-refractivity contribution >= 4 is 11.6 Å². The van der Waals surface area contributed by atoms with Gasteiger partial charge in [-0.3, -0.25) is 4.79 Å². The number of carbonyl (C=O) groups excluding carboxylic acids is 1. The lowest BCUT2D eigenvalue weighted by molar-refractivity contribution is -0.114. The molecule has 6 heteroatoms. The van der Waals surface area contributed by atoms with Gasteiger partial charge < -0.3 is 10.4 Å². The highest BCUT2D eigenvalue weighted by Crippen LogP contribution is 2.26. The van der Waals surface area contributed by atoms with Gasteiger partial charge in [0.25, 0.3) is 0 Å². The van der Waals surface area contributed by atoms with Gasteiger partial charge in [0.15, 0.2) is 0 Å². The summed E-state index contributed by atoms with van der Waals surface area (Å²) in [6.45, 7) is 1.26. The number of rotatable bonds is 4. The Morgan fingerprint density at radius 2 is 1.96 bits per heavy atom. The number of aromatic nitrogens is 3. The Morgan fingerprint density at radius 3 is 2.65 bits per heavy atom. The van der Waals surface area contributed by atoms with Crippen LogP contribution in [0, 0.1) is 0 Å². The van der Waals surface area contributed by atoms with Gasteiger partial charge in [-0.15, -0.1) is 5.10 Å². The standard InChI is InChI=1S/C17H16N4O2/c1-12(23)18-14-8-5-9-15(10-14)21-17(16(11-22)19-20-21)13-6-3-2-4-7-13/h2-10,22H,11H2,1H3,(H,18,23). The Labute approximate surface area is 133 Å². The average molecular weight is 308 g/mol. The second-order valence-electron chi connectivity index (χ2n) is 5.05. The first-order valence-corrected chi connectivity index (χ1v) is 7.18. The number of hydrogen-bond acceptors (Lipinski definition) is 4. The monoisotopic (exact) mass is 308 g/mol. The molecular weight excluding hydrogens is 292 g/mol. The minimum Gasteiger partial charge on any atom is -0.390 e. The molecule has 0 aliphatic heterocycles. The van der Waals surface area contributed by atoms with Gasteiger partial charge in [0.2, 0.25) is 5.91 Å². The maximum Gasteiger partial charge on any atom is 0.221 e. The van der Waals surface area contributed by atoms with E-state index in [2.05, 4.69) is 15.6 Å². The molecule has 2 aromatic carbocycles. The van der Waals surface area contributed by atoms with Crippen LogP contribution in [0.3, 0.4) is 0 Å². The van der Waals surface area contributed by atoms with Gasteiger partial charge in [0.1, 0.15) is 11.4 Å². The molecule has 1 amide bonds. The predicted octanol–water partition coefficient (Wildman–Crippen LogP) is 2.38. The number of benzene rings is 2. The SMILES string of the molecule is CC(=O)Nc1cccc(-n2nnc(CO)c2-c2ccccc2)c1. The van der Waals surface area contributed by atoms with E-state index in [1.165, 1.54) is 6.92 Å². The molecular formula is C17H16N4O2. The first kappa shape index (κ1) is 14.9. The van der Waals surface area contributed by atoms with Crippen LogP contribution in [0.4, 0.5) is 5.69 Å². The van der Waals surface area contributed by atoms with Gasteiger partial charge in [0.05, 0.1) is 12.3 Å². The molecule has 23 heavy (non-hydrogen) atoms. The Bertz CT molecular complexity index is 828. The number of nitrogens with one attached hydrogen (secondary N) is 1. The largest absolute Gasteiger partial charge is 0.390 e. The quantitative estimate of drug-likeness (QED) is 0.775. The zero-order valence-corrected chi connectivity index (χ0v) is 12.6. The molecule has 2 N–H and O–H groups in total. The molecule has 0 spiro atoms. The van der Waals surface area contributed by atoms with Gasteiger partial charge >= 0.3 is 0 Å². The van der Waals surface area contributed by atoms with Crippen LogP contribution in [0.15, 0.2) is 54.6 Å². The zero-order chi connectivity index (χ0) is 16.2. The molecule has 0 saturated carbocycles. The lowest BCUT2D eigenvalue weighted by Gasteiger charge is -2.09. The summed E-state index contributed by atoms with van der Waals surface area (Å²) < 4.78 is 1.66. The number of anilines is 1. The van der Waals surface area contributed by atoms with Gasteiger partial charge in [-0.25, -0.2) is 4.68 Å². The molecule has 0 unspecified atom stereocenters. The van der Waals surface area contributed by atoms with Crippen molar-refractivity contribution in [3.8, 4) is 16.9 Å². The molecule has 1 heterocycles. The van der Waals surface area contributed by atoms with E-state index in [4.69, 9.17) is 0 Å². The fourth-order valence-corrected chi connectivity index (χ4v) is 2.40. The van der Waals surface area contributed by atoms with Gasteiger partial charge in [-0.2, -0.15) is 0 Å². The Kier molecular flexibility index (Phi) is 4.16. The maximum absolute atomic E-state index is 11.2. The van der Waals surface area contributed by atoms with Crippen LogP contribution in [0.25, 0.3) is 16.9 Å². The van der Waals surface area contributed by atoms with Gasteiger partial charge in [-0.05, 0) is 18.2 Å². The third kappa shape index (κ3) is 3.12. The predicted molar refractivity (Wildman–Crippen MR) is 87.0 cm³/mol. The molecule has 3 rings (SSSR count). The molecule has 0 atom stereocenters. The number of carbonyl (C=O) groups is 1. The number of amides is 1. The Balaban J connectivity index is 2.11. The Hall–Kier alpha value is -2.99. The molecule has 0 bridgehead atoms. The van der Waals surface area contributed by atoms with E-state index in [-0.39, 0.29) is 12.5 Å². The van der Waals surface area contributed by atoms with E-state index in [9.17, 15) is 9.90 Å². The van der Waals surface area contributed by atoms with Crippen molar-refractivity contribution in [2.75, 3.05) is 5.32 Å². The van der Waals surface area contributed by atoms with Crippen molar-refractivity contribution < 1.29 is 9.90 Å². The van der Waals surface area contributed by atoms with Crippen LogP contribution in [0.5, 0.6) is 0 Å². The Morgan fingerprint density at radius 1 is 1.17 bits per heavy atom. The summed E-state index contributed by atoms with van der Waals surface area (Å²) in [6.07, 6.45) is 0. The molecule has 0 aliphatic carbocycles. The molecule has 3 aromatic rings. The van der Waals surface area contributed by atoms with Gasteiger partial charge in [-0.1, -0.05) is 41.6 Å². The lowest BCUT2D eigenvalue weighted by atomic mass is 10.1. The third-order valence-corrected chi connectivity index (χ3v) is 3.35. The third-order valence-electron chi connectivity index (χ3n) is 3.35. The second kappa shape index (κ2) is 6.41. The summed E-state index contributed by atoms with van der Waals surface area (Å²) in [5, 5.41) is 20.5. The zero-order valence-electron chi connectivity index (χ0n) is 12.6. The summed E-state index contributed by atoms with van der Waals surface area (Å²) in [5.41, 5.74) is 3.57. The van der Waals surface area contributed by atoms with Crippen molar-refractivity contribution in [1.82, 2.24) is 15.0 Å². The smallest absolute Gasteiger partial charge is 0.221 e. The topological polar surface area (TPSA) is 80.0 Å². The van der Waals surface area contributed by atoms with E-state index in [1.54, 1.807) is 10.7 Å². The fraction of sp³-hybridized carbons (Fsp3) is 0.118. The molecule has 0 radical (unpaired) electrons. The van der Waals surface area contributed by atoms with Crippen LogP contribution in [-0.4, -0.2) is 26.0 Å². The van der Waals surface area contributed by atoms with Crippen molar-refractivity contribution in [2.24, 2.45) is 0 Å². The van der Waals surface area contributed by atoms with E-state index >= 15 is 0 Å². The van der Waals surface area contributed by atoms with E-state index in [0.717, 1.165) is 16.9 Å². The van der Waals surface area contributed by atoms with Crippen LogP contribution in [0.1, 0.15) is 12.6 Å². The van der Waals surface area contributed by atoms with Crippen LogP contribution >= 0.6 is 0 Å². The minimum atomic E-state index is -0.199. The highest BCUT2D eigenvalue weighted by Gasteiger charge is 2.15. The first-order chi connectivity index (χ1) is 11.2. The molecule has 6 nitrogen and oxygen atoms in total.